The zero-order chi connectivity index (χ0) is 24.7. The minimum Gasteiger partial charge on any atom is -0.493 e. The number of fused-ring (bicyclic) bond motifs is 1. The Labute approximate surface area is 203 Å². The molecule has 8 nitrogen and oxygen atoms in total. The molecule has 2 aromatic carbocycles. The van der Waals surface area contributed by atoms with E-state index in [1.807, 2.05) is 13.0 Å². The maximum absolute atomic E-state index is 12.8. The van der Waals surface area contributed by atoms with Gasteiger partial charge in [0.15, 0.2) is 0 Å². The van der Waals surface area contributed by atoms with Crippen LogP contribution in [0.1, 0.15) is 47.2 Å². The number of carbonyl (C=O) groups is 4. The van der Waals surface area contributed by atoms with E-state index in [0.717, 1.165) is 5.56 Å². The van der Waals surface area contributed by atoms with E-state index in [0.29, 0.717) is 46.9 Å². The summed E-state index contributed by atoms with van der Waals surface area (Å²) in [6.45, 7) is 2.42. The van der Waals surface area contributed by atoms with Crippen LogP contribution in [-0.4, -0.2) is 48.6 Å². The summed E-state index contributed by atoms with van der Waals surface area (Å²) in [4.78, 5) is 49.7. The second-order valence-corrected chi connectivity index (χ2v) is 8.50. The molecular weight excluding hydrogens is 458 g/mol. The summed E-state index contributed by atoms with van der Waals surface area (Å²) in [5, 5.41) is 5.92. The second-order valence-electron chi connectivity index (χ2n) is 8.09. The van der Waals surface area contributed by atoms with Crippen molar-refractivity contribution in [1.29, 1.82) is 0 Å². The van der Waals surface area contributed by atoms with Crippen molar-refractivity contribution in [2.24, 2.45) is 0 Å². The van der Waals surface area contributed by atoms with Crippen LogP contribution in [0, 0.1) is 6.92 Å². The lowest BCUT2D eigenvalue weighted by atomic mass is 10.1. The number of anilines is 1. The van der Waals surface area contributed by atoms with Crippen LogP contribution in [0.25, 0.3) is 0 Å². The quantitative estimate of drug-likeness (QED) is 0.374. The number of aldehydes is 1. The molecule has 1 aliphatic heterocycles. The van der Waals surface area contributed by atoms with Crippen LogP contribution in [0.15, 0.2) is 36.4 Å². The second kappa shape index (κ2) is 11.7. The molecule has 0 aliphatic carbocycles. The molecule has 2 aromatic rings. The molecule has 0 fully saturated rings. The first kappa shape index (κ1) is 25.2. The van der Waals surface area contributed by atoms with E-state index in [4.69, 9.17) is 16.3 Å². The summed E-state index contributed by atoms with van der Waals surface area (Å²) in [6, 6.07) is 9.86. The zero-order valence-corrected chi connectivity index (χ0v) is 20.0. The fraction of sp³-hybridized carbons (Fsp3) is 0.360. The minimum absolute atomic E-state index is 0.145. The molecule has 3 amide bonds. The number of ether oxygens (including phenoxy) is 1. The summed E-state index contributed by atoms with van der Waals surface area (Å²) in [6.07, 6.45) is 1.85. The first-order valence-corrected chi connectivity index (χ1v) is 11.5. The number of amides is 3. The molecule has 1 atom stereocenters. The summed E-state index contributed by atoms with van der Waals surface area (Å²) in [5.74, 6) is -0.0386. The maximum Gasteiger partial charge on any atom is 0.255 e. The van der Waals surface area contributed by atoms with Crippen LogP contribution < -0.4 is 15.4 Å². The van der Waals surface area contributed by atoms with E-state index in [1.54, 1.807) is 30.3 Å². The largest absolute Gasteiger partial charge is 0.493 e. The van der Waals surface area contributed by atoms with Crippen molar-refractivity contribution in [2.75, 3.05) is 19.0 Å². The number of halogens is 1. The van der Waals surface area contributed by atoms with Gasteiger partial charge in [-0.3, -0.25) is 14.4 Å². The highest BCUT2D eigenvalue weighted by molar-refractivity contribution is 6.31. The average molecular weight is 486 g/mol. The SMILES string of the molecule is CNC(=O)CCC(C=O)N1Cc2c(OCCCC(=O)Nc3ccc(C)c(Cl)c3)cccc2C1=O. The summed E-state index contributed by atoms with van der Waals surface area (Å²) in [7, 11) is 1.53. The Morgan fingerprint density at radius 2 is 2.00 bits per heavy atom. The lowest BCUT2D eigenvalue weighted by Gasteiger charge is -2.22. The Bertz CT molecular complexity index is 1090. The Morgan fingerprint density at radius 1 is 1.21 bits per heavy atom. The molecule has 1 aliphatic rings. The van der Waals surface area contributed by atoms with E-state index >= 15 is 0 Å². The molecule has 34 heavy (non-hydrogen) atoms. The predicted molar refractivity (Wildman–Crippen MR) is 129 cm³/mol. The van der Waals surface area contributed by atoms with Crippen molar-refractivity contribution < 1.29 is 23.9 Å². The lowest BCUT2D eigenvalue weighted by molar-refractivity contribution is -0.121. The van der Waals surface area contributed by atoms with Gasteiger partial charge in [0.05, 0.1) is 19.2 Å². The third-order valence-corrected chi connectivity index (χ3v) is 6.12. The molecule has 2 N–H and O–H groups in total. The van der Waals surface area contributed by atoms with Gasteiger partial charge >= 0.3 is 0 Å². The van der Waals surface area contributed by atoms with Crippen molar-refractivity contribution in [3.05, 3.63) is 58.1 Å². The molecule has 0 aromatic heterocycles. The average Bonchev–Trinajstić information content (AvgIpc) is 3.16. The first-order valence-electron chi connectivity index (χ1n) is 11.1. The Morgan fingerprint density at radius 3 is 2.71 bits per heavy atom. The molecule has 0 spiro atoms. The van der Waals surface area contributed by atoms with Gasteiger partial charge in [0.1, 0.15) is 12.0 Å². The van der Waals surface area contributed by atoms with Gasteiger partial charge in [-0.15, -0.1) is 0 Å². The van der Waals surface area contributed by atoms with Crippen LogP contribution in [0.5, 0.6) is 5.75 Å². The standard InChI is InChI=1S/C25H28ClN3O5/c1-16-8-9-17(13-21(16)26)28-24(32)7-4-12-34-22-6-3-5-19-20(22)14-29(25(19)33)18(15-30)10-11-23(31)27-2/h3,5-6,8-9,13,15,18H,4,7,10-12,14H2,1-2H3,(H,27,31)(H,28,32). The number of aryl methyl sites for hydroxylation is 1. The van der Waals surface area contributed by atoms with Crippen LogP contribution in [0.4, 0.5) is 5.69 Å². The summed E-state index contributed by atoms with van der Waals surface area (Å²) < 4.78 is 5.88. The van der Waals surface area contributed by atoms with E-state index in [1.165, 1.54) is 11.9 Å². The number of nitrogens with one attached hydrogen (secondary N) is 2. The number of carbonyl (C=O) groups excluding carboxylic acids is 4. The van der Waals surface area contributed by atoms with Crippen LogP contribution in [0.3, 0.4) is 0 Å². The molecular formula is C25H28ClN3O5. The van der Waals surface area contributed by atoms with Gasteiger partial charge in [-0.05, 0) is 49.6 Å². The molecule has 1 heterocycles. The molecule has 9 heteroatoms. The molecule has 0 radical (unpaired) electrons. The normalized spacial score (nSPS) is 13.3. The van der Waals surface area contributed by atoms with Crippen molar-refractivity contribution in [3.8, 4) is 5.75 Å². The summed E-state index contributed by atoms with van der Waals surface area (Å²) in [5.41, 5.74) is 2.77. The third-order valence-electron chi connectivity index (χ3n) is 5.72. The molecule has 0 saturated heterocycles. The molecule has 1 unspecified atom stereocenters. The fourth-order valence-electron chi connectivity index (χ4n) is 3.74. The molecule has 180 valence electrons. The topological polar surface area (TPSA) is 105 Å². The Balaban J connectivity index is 1.53. The van der Waals surface area contributed by atoms with Gasteiger partial charge < -0.3 is 25.1 Å². The highest BCUT2D eigenvalue weighted by Crippen LogP contribution is 2.32. The monoisotopic (exact) mass is 485 g/mol. The highest BCUT2D eigenvalue weighted by Gasteiger charge is 2.34. The lowest BCUT2D eigenvalue weighted by Crippen LogP contribution is -2.37. The van der Waals surface area contributed by atoms with Crippen LogP contribution in [-0.2, 0) is 20.9 Å². The fourth-order valence-corrected chi connectivity index (χ4v) is 3.92. The third kappa shape index (κ3) is 6.14. The van der Waals surface area contributed by atoms with Gasteiger partial charge in [-0.2, -0.15) is 0 Å². The Hall–Kier alpha value is -3.39. The van der Waals surface area contributed by atoms with Crippen LogP contribution >= 0.6 is 11.6 Å². The number of hydrogen-bond acceptors (Lipinski definition) is 5. The van der Waals surface area contributed by atoms with Gasteiger partial charge in [-0.25, -0.2) is 0 Å². The van der Waals surface area contributed by atoms with Gasteiger partial charge in [0.25, 0.3) is 5.91 Å². The Kier molecular flexibility index (Phi) is 8.65. The molecule has 3 rings (SSSR count). The van der Waals surface area contributed by atoms with E-state index in [2.05, 4.69) is 10.6 Å². The van der Waals surface area contributed by atoms with E-state index < -0.39 is 6.04 Å². The van der Waals surface area contributed by atoms with Gasteiger partial charge in [-0.1, -0.05) is 23.7 Å². The van der Waals surface area contributed by atoms with E-state index in [-0.39, 0.29) is 43.5 Å². The van der Waals surface area contributed by atoms with Crippen molar-refractivity contribution in [3.63, 3.8) is 0 Å². The number of benzene rings is 2. The smallest absolute Gasteiger partial charge is 0.255 e. The van der Waals surface area contributed by atoms with Gasteiger partial charge in [0.2, 0.25) is 11.8 Å². The minimum atomic E-state index is -0.691. The summed E-state index contributed by atoms with van der Waals surface area (Å²) >= 11 is 6.09. The maximum atomic E-state index is 12.8. The van der Waals surface area contributed by atoms with Crippen molar-refractivity contribution >= 4 is 41.3 Å². The first-order chi connectivity index (χ1) is 16.3. The molecule has 0 bridgehead atoms. The predicted octanol–water partition coefficient (Wildman–Crippen LogP) is 3.50. The van der Waals surface area contributed by atoms with Crippen LogP contribution in [0.2, 0.25) is 5.02 Å². The van der Waals surface area contributed by atoms with Gasteiger partial charge in [0, 0.05) is 41.7 Å². The molecule has 0 saturated carbocycles. The highest BCUT2D eigenvalue weighted by atomic mass is 35.5. The zero-order valence-electron chi connectivity index (χ0n) is 19.2. The number of hydrogen-bond donors (Lipinski definition) is 2. The number of rotatable bonds is 11. The van der Waals surface area contributed by atoms with Crippen molar-refractivity contribution in [2.45, 2.75) is 45.2 Å². The van der Waals surface area contributed by atoms with Crippen molar-refractivity contribution in [1.82, 2.24) is 10.2 Å². The van der Waals surface area contributed by atoms with E-state index in [9.17, 15) is 19.2 Å². The number of nitrogens with zero attached hydrogens (tertiary/aromatic N) is 1.